The summed E-state index contributed by atoms with van der Waals surface area (Å²) in [5.74, 6) is -1.91. The average Bonchev–Trinajstić information content (AvgIpc) is 2.27. The third kappa shape index (κ3) is 4.04. The first-order valence-electron chi connectivity index (χ1n) is 5.10. The van der Waals surface area contributed by atoms with E-state index in [0.29, 0.717) is 12.5 Å². The van der Waals surface area contributed by atoms with Gasteiger partial charge in [-0.05, 0) is 24.6 Å². The van der Waals surface area contributed by atoms with Crippen molar-refractivity contribution in [3.63, 3.8) is 0 Å². The lowest BCUT2D eigenvalue weighted by Crippen LogP contribution is -2.26. The molecule has 0 aliphatic heterocycles. The third-order valence-electron chi connectivity index (χ3n) is 2.10. The zero-order valence-corrected chi connectivity index (χ0v) is 10.2. The molecule has 100 valence electrons. The molecule has 1 rings (SSSR count). The Hall–Kier alpha value is -1.54. The van der Waals surface area contributed by atoms with E-state index in [9.17, 15) is 17.2 Å². The Morgan fingerprint density at radius 3 is 2.67 bits per heavy atom. The third-order valence-corrected chi connectivity index (χ3v) is 3.57. The predicted molar refractivity (Wildman–Crippen MR) is 62.7 cm³/mol. The average molecular weight is 277 g/mol. The van der Waals surface area contributed by atoms with Gasteiger partial charge in [0.1, 0.15) is 16.5 Å². The van der Waals surface area contributed by atoms with E-state index < -0.39 is 26.6 Å². The van der Waals surface area contributed by atoms with Gasteiger partial charge < -0.3 is 5.73 Å². The molecule has 5 nitrogen and oxygen atoms in total. The Kier molecular flexibility index (Phi) is 4.74. The maximum absolute atomic E-state index is 13.3. The molecule has 0 aliphatic rings. The molecular weight excluding hydrogens is 264 g/mol. The SMILES string of the molecule is N=C(N)CCCNS(=O)(=O)c1cc(F)ccc1F. The molecule has 0 unspecified atom stereocenters. The van der Waals surface area contributed by atoms with E-state index in [1.165, 1.54) is 0 Å². The molecule has 0 heterocycles. The van der Waals surface area contributed by atoms with E-state index in [-0.39, 0.29) is 18.8 Å². The molecule has 18 heavy (non-hydrogen) atoms. The van der Waals surface area contributed by atoms with Crippen LogP contribution in [0.4, 0.5) is 8.78 Å². The van der Waals surface area contributed by atoms with Gasteiger partial charge in [-0.1, -0.05) is 0 Å². The number of sulfonamides is 1. The molecule has 8 heteroatoms. The van der Waals surface area contributed by atoms with Gasteiger partial charge in [-0.2, -0.15) is 0 Å². The molecule has 0 atom stereocenters. The number of amidine groups is 1. The van der Waals surface area contributed by atoms with Crippen molar-refractivity contribution in [2.45, 2.75) is 17.7 Å². The van der Waals surface area contributed by atoms with Crippen molar-refractivity contribution in [3.05, 3.63) is 29.8 Å². The second-order valence-electron chi connectivity index (χ2n) is 3.60. The molecular formula is C10H13F2N3O2S. The highest BCUT2D eigenvalue weighted by molar-refractivity contribution is 7.89. The van der Waals surface area contributed by atoms with Crippen molar-refractivity contribution in [2.75, 3.05) is 6.54 Å². The van der Waals surface area contributed by atoms with Crippen LogP contribution in [0.15, 0.2) is 23.1 Å². The number of rotatable bonds is 6. The second-order valence-corrected chi connectivity index (χ2v) is 5.34. The van der Waals surface area contributed by atoms with Crippen LogP contribution < -0.4 is 10.5 Å². The Morgan fingerprint density at radius 2 is 2.06 bits per heavy atom. The van der Waals surface area contributed by atoms with Crippen LogP contribution in [0.25, 0.3) is 0 Å². The van der Waals surface area contributed by atoms with Gasteiger partial charge in [-0.25, -0.2) is 21.9 Å². The molecule has 0 bridgehead atoms. The van der Waals surface area contributed by atoms with E-state index in [4.69, 9.17) is 11.1 Å². The van der Waals surface area contributed by atoms with E-state index >= 15 is 0 Å². The van der Waals surface area contributed by atoms with Gasteiger partial charge in [0.05, 0.1) is 5.84 Å². The standard InChI is InChI=1S/C10H13F2N3O2S/c11-7-3-4-8(12)9(6-7)18(16,17)15-5-1-2-10(13)14/h3-4,6,15H,1-2,5H2,(H3,13,14). The molecule has 0 fully saturated rings. The van der Waals surface area contributed by atoms with Gasteiger partial charge in [0, 0.05) is 13.0 Å². The van der Waals surface area contributed by atoms with Crippen molar-refractivity contribution in [3.8, 4) is 0 Å². The van der Waals surface area contributed by atoms with Crippen LogP contribution in [0.2, 0.25) is 0 Å². The fourth-order valence-corrected chi connectivity index (χ4v) is 2.41. The number of benzene rings is 1. The van der Waals surface area contributed by atoms with Gasteiger partial charge in [0.2, 0.25) is 10.0 Å². The number of nitrogens with two attached hydrogens (primary N) is 1. The normalized spacial score (nSPS) is 11.4. The van der Waals surface area contributed by atoms with Crippen molar-refractivity contribution in [1.82, 2.24) is 4.72 Å². The minimum Gasteiger partial charge on any atom is -0.388 e. The lowest BCUT2D eigenvalue weighted by Gasteiger charge is -2.07. The Balaban J connectivity index is 2.74. The van der Waals surface area contributed by atoms with Crippen LogP contribution >= 0.6 is 0 Å². The second kappa shape index (κ2) is 5.87. The number of nitrogens with one attached hydrogen (secondary N) is 2. The molecule has 4 N–H and O–H groups in total. The van der Waals surface area contributed by atoms with Crippen LogP contribution in [0, 0.1) is 17.0 Å². The lowest BCUT2D eigenvalue weighted by molar-refractivity contribution is 0.545. The Labute approximate surface area is 104 Å². The molecule has 0 amide bonds. The molecule has 0 saturated carbocycles. The summed E-state index contributed by atoms with van der Waals surface area (Å²) >= 11 is 0. The van der Waals surface area contributed by atoms with Crippen molar-refractivity contribution in [2.24, 2.45) is 5.73 Å². The van der Waals surface area contributed by atoms with E-state index in [1.54, 1.807) is 0 Å². The first kappa shape index (κ1) is 14.5. The summed E-state index contributed by atoms with van der Waals surface area (Å²) in [5, 5.41) is 6.95. The van der Waals surface area contributed by atoms with Crippen molar-refractivity contribution >= 4 is 15.9 Å². The monoisotopic (exact) mass is 277 g/mol. The van der Waals surface area contributed by atoms with E-state index in [0.717, 1.165) is 12.1 Å². The quantitative estimate of drug-likeness (QED) is 0.410. The van der Waals surface area contributed by atoms with Gasteiger partial charge in [-0.15, -0.1) is 0 Å². The minimum absolute atomic E-state index is 0.00212. The van der Waals surface area contributed by atoms with Crippen LogP contribution in [-0.4, -0.2) is 20.8 Å². The van der Waals surface area contributed by atoms with E-state index in [2.05, 4.69) is 4.72 Å². The van der Waals surface area contributed by atoms with Crippen LogP contribution in [-0.2, 0) is 10.0 Å². The van der Waals surface area contributed by atoms with Gasteiger partial charge >= 0.3 is 0 Å². The van der Waals surface area contributed by atoms with Crippen LogP contribution in [0.5, 0.6) is 0 Å². The lowest BCUT2D eigenvalue weighted by atomic mass is 10.3. The number of halogens is 2. The topological polar surface area (TPSA) is 96.0 Å². The van der Waals surface area contributed by atoms with Gasteiger partial charge in [0.15, 0.2) is 0 Å². The van der Waals surface area contributed by atoms with Gasteiger partial charge in [-0.3, -0.25) is 5.41 Å². The zero-order chi connectivity index (χ0) is 13.8. The summed E-state index contributed by atoms with van der Waals surface area (Å²) in [5.41, 5.74) is 5.09. The highest BCUT2D eigenvalue weighted by Gasteiger charge is 2.19. The summed E-state index contributed by atoms with van der Waals surface area (Å²) in [6.45, 7) is -0.00212. The van der Waals surface area contributed by atoms with Crippen LogP contribution in [0.1, 0.15) is 12.8 Å². The van der Waals surface area contributed by atoms with Crippen molar-refractivity contribution in [1.29, 1.82) is 5.41 Å². The minimum atomic E-state index is -4.09. The molecule has 0 radical (unpaired) electrons. The fraction of sp³-hybridized carbons (Fsp3) is 0.300. The largest absolute Gasteiger partial charge is 0.388 e. The number of hydrogen-bond donors (Lipinski definition) is 3. The maximum atomic E-state index is 13.3. The summed E-state index contributed by atoms with van der Waals surface area (Å²) < 4.78 is 51.5. The summed E-state index contributed by atoms with van der Waals surface area (Å²) in [6.07, 6.45) is 0.541. The zero-order valence-electron chi connectivity index (χ0n) is 9.41. The summed E-state index contributed by atoms with van der Waals surface area (Å²) in [6, 6.07) is 2.20. The Bertz CT molecular complexity index is 546. The maximum Gasteiger partial charge on any atom is 0.243 e. The number of hydrogen-bond acceptors (Lipinski definition) is 3. The highest BCUT2D eigenvalue weighted by Crippen LogP contribution is 2.15. The molecule has 0 aromatic heterocycles. The smallest absolute Gasteiger partial charge is 0.243 e. The first-order chi connectivity index (χ1) is 8.33. The highest BCUT2D eigenvalue weighted by atomic mass is 32.2. The molecule has 1 aromatic carbocycles. The Morgan fingerprint density at radius 1 is 1.39 bits per heavy atom. The fourth-order valence-electron chi connectivity index (χ4n) is 1.25. The summed E-state index contributed by atoms with van der Waals surface area (Å²) in [4.78, 5) is -0.731. The molecule has 1 aromatic rings. The summed E-state index contributed by atoms with van der Waals surface area (Å²) in [7, 11) is -4.09. The van der Waals surface area contributed by atoms with E-state index in [1.807, 2.05) is 0 Å². The molecule has 0 saturated heterocycles. The molecule has 0 spiro atoms. The first-order valence-corrected chi connectivity index (χ1v) is 6.59. The van der Waals surface area contributed by atoms with Crippen molar-refractivity contribution < 1.29 is 17.2 Å². The van der Waals surface area contributed by atoms with Crippen LogP contribution in [0.3, 0.4) is 0 Å². The predicted octanol–water partition coefficient (Wildman–Crippen LogP) is 0.959. The van der Waals surface area contributed by atoms with Gasteiger partial charge in [0.25, 0.3) is 0 Å². The molecule has 0 aliphatic carbocycles.